The van der Waals surface area contributed by atoms with Gasteiger partial charge in [0.2, 0.25) is 5.95 Å². The Labute approximate surface area is 158 Å². The van der Waals surface area contributed by atoms with Gasteiger partial charge in [0, 0.05) is 29.0 Å². The van der Waals surface area contributed by atoms with Crippen LogP contribution < -0.4 is 15.4 Å². The molecule has 0 aliphatic rings. The molecule has 0 amide bonds. The van der Waals surface area contributed by atoms with Crippen molar-refractivity contribution >= 4 is 29.1 Å². The van der Waals surface area contributed by atoms with Crippen molar-refractivity contribution in [2.45, 2.75) is 13.3 Å². The maximum atomic E-state index is 5.91. The summed E-state index contributed by atoms with van der Waals surface area (Å²) < 4.78 is 5.17. The van der Waals surface area contributed by atoms with Crippen LogP contribution in [0.4, 0.5) is 17.5 Å². The zero-order valence-corrected chi connectivity index (χ0v) is 15.5. The Morgan fingerprint density at radius 1 is 1.00 bits per heavy atom. The van der Waals surface area contributed by atoms with Crippen molar-refractivity contribution in [2.75, 3.05) is 24.3 Å². The van der Waals surface area contributed by atoms with E-state index in [1.54, 1.807) is 7.11 Å². The summed E-state index contributed by atoms with van der Waals surface area (Å²) in [7, 11) is 1.65. The van der Waals surface area contributed by atoms with Gasteiger partial charge < -0.3 is 15.4 Å². The summed E-state index contributed by atoms with van der Waals surface area (Å²) in [4.78, 5) is 8.98. The number of nitrogens with zero attached hydrogens (tertiary/aromatic N) is 2. The third-order valence-electron chi connectivity index (χ3n) is 3.83. The maximum Gasteiger partial charge on any atom is 0.224 e. The van der Waals surface area contributed by atoms with Crippen LogP contribution in [0.5, 0.6) is 5.75 Å². The number of nitrogens with one attached hydrogen (secondary N) is 2. The summed E-state index contributed by atoms with van der Waals surface area (Å²) in [5, 5.41) is 7.32. The first kappa shape index (κ1) is 18.0. The average Bonchev–Trinajstić information content (AvgIpc) is 2.64. The predicted molar refractivity (Wildman–Crippen MR) is 107 cm³/mol. The maximum absolute atomic E-state index is 5.91. The van der Waals surface area contributed by atoms with Gasteiger partial charge in [0.15, 0.2) is 0 Å². The van der Waals surface area contributed by atoms with Crippen molar-refractivity contribution in [1.82, 2.24) is 9.97 Å². The van der Waals surface area contributed by atoms with Gasteiger partial charge in [-0.05, 0) is 55.3 Å². The number of halogens is 1. The van der Waals surface area contributed by atoms with Crippen LogP contribution in [0, 0.1) is 6.92 Å². The summed E-state index contributed by atoms with van der Waals surface area (Å²) in [6.45, 7) is 2.69. The second-order valence-electron chi connectivity index (χ2n) is 5.87. The fraction of sp³-hybridized carbons (Fsp3) is 0.200. The van der Waals surface area contributed by atoms with E-state index >= 15 is 0 Å². The lowest BCUT2D eigenvalue weighted by Crippen LogP contribution is -2.09. The van der Waals surface area contributed by atoms with E-state index in [0.717, 1.165) is 40.9 Å². The van der Waals surface area contributed by atoms with Crippen LogP contribution in [-0.4, -0.2) is 23.6 Å². The first-order chi connectivity index (χ1) is 12.6. The molecule has 0 aliphatic heterocycles. The average molecular weight is 369 g/mol. The fourth-order valence-corrected chi connectivity index (χ4v) is 2.63. The Hall–Kier alpha value is -2.79. The number of rotatable bonds is 7. The van der Waals surface area contributed by atoms with Crippen LogP contribution in [0.3, 0.4) is 0 Å². The molecule has 26 heavy (non-hydrogen) atoms. The van der Waals surface area contributed by atoms with E-state index in [1.165, 1.54) is 5.56 Å². The summed E-state index contributed by atoms with van der Waals surface area (Å²) in [6.07, 6.45) is 0.871. The largest absolute Gasteiger partial charge is 0.497 e. The standard InChI is InChI=1S/C20H21ClN4O/c1-14-13-19(24-17-7-9-18(26-2)10-8-17)25-20(23-14)22-12-11-15-3-5-16(21)6-4-15/h3-10,13H,11-12H2,1-2H3,(H2,22,23,24,25). The van der Waals surface area contributed by atoms with Gasteiger partial charge in [-0.15, -0.1) is 0 Å². The Kier molecular flexibility index (Phi) is 5.92. The number of methoxy groups -OCH3 is 1. The van der Waals surface area contributed by atoms with E-state index in [0.29, 0.717) is 5.95 Å². The molecule has 0 saturated carbocycles. The van der Waals surface area contributed by atoms with Gasteiger partial charge in [0.1, 0.15) is 11.6 Å². The number of benzene rings is 2. The van der Waals surface area contributed by atoms with Gasteiger partial charge in [0.25, 0.3) is 0 Å². The van der Waals surface area contributed by atoms with E-state index in [4.69, 9.17) is 16.3 Å². The lowest BCUT2D eigenvalue weighted by atomic mass is 10.1. The van der Waals surface area contributed by atoms with Gasteiger partial charge >= 0.3 is 0 Å². The molecule has 0 spiro atoms. The van der Waals surface area contributed by atoms with Gasteiger partial charge in [-0.1, -0.05) is 23.7 Å². The molecule has 134 valence electrons. The molecule has 2 aromatic carbocycles. The third-order valence-corrected chi connectivity index (χ3v) is 4.08. The van der Waals surface area contributed by atoms with E-state index in [-0.39, 0.29) is 0 Å². The number of hydrogen-bond donors (Lipinski definition) is 2. The highest BCUT2D eigenvalue weighted by molar-refractivity contribution is 6.30. The van der Waals surface area contributed by atoms with Crippen LogP contribution in [0.25, 0.3) is 0 Å². The van der Waals surface area contributed by atoms with Crippen LogP contribution in [0.1, 0.15) is 11.3 Å². The SMILES string of the molecule is COc1ccc(Nc2cc(C)nc(NCCc3ccc(Cl)cc3)n2)cc1. The minimum absolute atomic E-state index is 0.606. The van der Waals surface area contributed by atoms with Gasteiger partial charge in [-0.3, -0.25) is 0 Å². The van der Waals surface area contributed by atoms with Crippen LogP contribution in [-0.2, 0) is 6.42 Å². The monoisotopic (exact) mass is 368 g/mol. The summed E-state index contributed by atoms with van der Waals surface area (Å²) in [5.41, 5.74) is 3.05. The molecule has 3 rings (SSSR count). The molecular weight excluding hydrogens is 348 g/mol. The quantitative estimate of drug-likeness (QED) is 0.624. The van der Waals surface area contributed by atoms with E-state index < -0.39 is 0 Å². The summed E-state index contributed by atoms with van der Waals surface area (Å²) in [6, 6.07) is 17.5. The molecule has 0 bridgehead atoms. The number of aromatic nitrogens is 2. The molecule has 1 aromatic heterocycles. The zero-order valence-electron chi connectivity index (χ0n) is 14.8. The lowest BCUT2D eigenvalue weighted by Gasteiger charge is -2.10. The number of anilines is 3. The molecule has 0 radical (unpaired) electrons. The lowest BCUT2D eigenvalue weighted by molar-refractivity contribution is 0.415. The molecule has 5 nitrogen and oxygen atoms in total. The van der Waals surface area contributed by atoms with Crippen molar-refractivity contribution < 1.29 is 4.74 Å². The first-order valence-electron chi connectivity index (χ1n) is 8.37. The van der Waals surface area contributed by atoms with Crippen LogP contribution >= 0.6 is 11.6 Å². The smallest absolute Gasteiger partial charge is 0.224 e. The molecule has 0 fully saturated rings. The Morgan fingerprint density at radius 3 is 2.42 bits per heavy atom. The molecular formula is C20H21ClN4O. The van der Waals surface area contributed by atoms with Crippen molar-refractivity contribution in [3.8, 4) is 5.75 Å². The minimum Gasteiger partial charge on any atom is -0.497 e. The van der Waals surface area contributed by atoms with Gasteiger partial charge in [-0.2, -0.15) is 4.98 Å². The van der Waals surface area contributed by atoms with Crippen molar-refractivity contribution in [1.29, 1.82) is 0 Å². The van der Waals surface area contributed by atoms with Crippen molar-refractivity contribution in [3.05, 3.63) is 70.9 Å². The Balaban J connectivity index is 1.62. The highest BCUT2D eigenvalue weighted by Crippen LogP contribution is 2.20. The second-order valence-corrected chi connectivity index (χ2v) is 6.31. The number of ether oxygens (including phenoxy) is 1. The summed E-state index contributed by atoms with van der Waals surface area (Å²) >= 11 is 5.91. The Bertz CT molecular complexity index is 851. The normalized spacial score (nSPS) is 10.4. The van der Waals surface area contributed by atoms with Crippen molar-refractivity contribution in [2.24, 2.45) is 0 Å². The molecule has 1 heterocycles. The minimum atomic E-state index is 0.606. The fourth-order valence-electron chi connectivity index (χ4n) is 2.50. The van der Waals surface area contributed by atoms with E-state index in [9.17, 15) is 0 Å². The topological polar surface area (TPSA) is 59.1 Å². The number of hydrogen-bond acceptors (Lipinski definition) is 5. The van der Waals surface area contributed by atoms with E-state index in [1.807, 2.05) is 61.5 Å². The van der Waals surface area contributed by atoms with Crippen molar-refractivity contribution in [3.63, 3.8) is 0 Å². The van der Waals surface area contributed by atoms with E-state index in [2.05, 4.69) is 20.6 Å². The predicted octanol–water partition coefficient (Wildman–Crippen LogP) is 4.85. The zero-order chi connectivity index (χ0) is 18.4. The molecule has 0 atom stereocenters. The first-order valence-corrected chi connectivity index (χ1v) is 8.75. The molecule has 0 unspecified atom stereocenters. The molecule has 2 N–H and O–H groups in total. The molecule has 3 aromatic rings. The highest BCUT2D eigenvalue weighted by atomic mass is 35.5. The Morgan fingerprint density at radius 2 is 1.73 bits per heavy atom. The summed E-state index contributed by atoms with van der Waals surface area (Å²) in [5.74, 6) is 2.17. The molecule has 6 heteroatoms. The van der Waals surface area contributed by atoms with Crippen LogP contribution in [0.2, 0.25) is 5.02 Å². The molecule has 0 aliphatic carbocycles. The second kappa shape index (κ2) is 8.54. The van der Waals surface area contributed by atoms with Gasteiger partial charge in [0.05, 0.1) is 7.11 Å². The van der Waals surface area contributed by atoms with Gasteiger partial charge in [-0.25, -0.2) is 4.98 Å². The van der Waals surface area contributed by atoms with Crippen LogP contribution in [0.15, 0.2) is 54.6 Å². The number of aryl methyl sites for hydroxylation is 1. The molecule has 0 saturated heterocycles. The highest BCUT2D eigenvalue weighted by Gasteiger charge is 2.03. The third kappa shape index (κ3) is 5.10.